The zero-order valence-electron chi connectivity index (χ0n) is 18.6. The number of nitrogens with zero attached hydrogens (tertiary/aromatic N) is 1. The SMILES string of the molecule is CCCN1C(=O)N/C(=C/c2cc(I)c(OCc3ccc4ccccc4c3)c(OCC)c2)C1=O. The highest BCUT2D eigenvalue weighted by Gasteiger charge is 2.32. The highest BCUT2D eigenvalue weighted by molar-refractivity contribution is 14.1. The second-order valence-electron chi connectivity index (χ2n) is 7.68. The number of amides is 3. The van der Waals surface area contributed by atoms with E-state index in [1.807, 2.05) is 38.1 Å². The second-order valence-corrected chi connectivity index (χ2v) is 8.84. The van der Waals surface area contributed by atoms with Gasteiger partial charge in [-0.05, 0) is 82.1 Å². The van der Waals surface area contributed by atoms with Crippen LogP contribution in [0.1, 0.15) is 31.4 Å². The van der Waals surface area contributed by atoms with Crippen molar-refractivity contribution in [1.82, 2.24) is 10.2 Å². The number of carbonyl (C=O) groups is 2. The molecule has 1 saturated heterocycles. The highest BCUT2D eigenvalue weighted by Crippen LogP contribution is 2.36. The number of carbonyl (C=O) groups excluding carboxylic acids is 2. The predicted molar refractivity (Wildman–Crippen MR) is 137 cm³/mol. The average Bonchev–Trinajstić information content (AvgIpc) is 3.06. The zero-order valence-corrected chi connectivity index (χ0v) is 20.7. The second kappa shape index (κ2) is 10.2. The summed E-state index contributed by atoms with van der Waals surface area (Å²) >= 11 is 2.20. The number of hydrogen-bond donors (Lipinski definition) is 1. The quantitative estimate of drug-likeness (QED) is 0.219. The molecule has 0 saturated carbocycles. The van der Waals surface area contributed by atoms with E-state index in [1.165, 1.54) is 15.7 Å². The van der Waals surface area contributed by atoms with Crippen molar-refractivity contribution in [1.29, 1.82) is 0 Å². The van der Waals surface area contributed by atoms with Gasteiger partial charge in [-0.25, -0.2) is 4.79 Å². The molecule has 4 rings (SSSR count). The number of fused-ring (bicyclic) bond motifs is 1. The molecule has 6 nitrogen and oxygen atoms in total. The van der Waals surface area contributed by atoms with Gasteiger partial charge in [0, 0.05) is 6.54 Å². The number of halogens is 1. The Morgan fingerprint density at radius 1 is 1.00 bits per heavy atom. The molecule has 1 aliphatic rings. The maximum absolute atomic E-state index is 12.5. The molecule has 1 heterocycles. The molecule has 0 atom stereocenters. The molecule has 3 aromatic rings. The van der Waals surface area contributed by atoms with Crippen molar-refractivity contribution >= 4 is 51.4 Å². The molecular weight excluding hydrogens is 531 g/mol. The molecule has 0 radical (unpaired) electrons. The van der Waals surface area contributed by atoms with Crippen LogP contribution in [0.15, 0.2) is 60.3 Å². The van der Waals surface area contributed by atoms with Crippen molar-refractivity contribution in [2.45, 2.75) is 26.9 Å². The van der Waals surface area contributed by atoms with Crippen LogP contribution in [-0.4, -0.2) is 30.0 Å². The van der Waals surface area contributed by atoms with Gasteiger partial charge in [-0.1, -0.05) is 43.3 Å². The Balaban J connectivity index is 1.58. The molecule has 0 unspecified atom stereocenters. The normalized spacial score (nSPS) is 14.8. The zero-order chi connectivity index (χ0) is 23.4. The Morgan fingerprint density at radius 2 is 1.79 bits per heavy atom. The Labute approximate surface area is 206 Å². The number of imide groups is 1. The monoisotopic (exact) mass is 556 g/mol. The standard InChI is InChI=1S/C26H25IN2O4/c1-3-11-29-25(30)22(28-26(29)31)14-18-13-21(27)24(23(15-18)32-4-2)33-16-17-9-10-19-7-5-6-8-20(19)12-17/h5-10,12-15H,3-4,11,16H2,1-2H3,(H,28,31)/b22-14+. The average molecular weight is 556 g/mol. The number of nitrogens with one attached hydrogen (secondary N) is 1. The van der Waals surface area contributed by atoms with E-state index < -0.39 is 0 Å². The third-order valence-electron chi connectivity index (χ3n) is 5.25. The van der Waals surface area contributed by atoms with Crippen LogP contribution in [0.2, 0.25) is 0 Å². The summed E-state index contributed by atoms with van der Waals surface area (Å²) in [6.07, 6.45) is 2.38. The topological polar surface area (TPSA) is 67.9 Å². The molecule has 0 aliphatic carbocycles. The predicted octanol–water partition coefficient (Wildman–Crippen LogP) is 5.72. The maximum atomic E-state index is 12.5. The summed E-state index contributed by atoms with van der Waals surface area (Å²) in [6.45, 7) is 5.11. The fraction of sp³-hybridized carbons (Fsp3) is 0.231. The van der Waals surface area contributed by atoms with Gasteiger partial charge in [0.05, 0.1) is 10.2 Å². The van der Waals surface area contributed by atoms with E-state index in [1.54, 1.807) is 6.08 Å². The number of ether oxygens (including phenoxy) is 2. The Kier molecular flexibility index (Phi) is 7.17. The van der Waals surface area contributed by atoms with Crippen LogP contribution in [0.4, 0.5) is 4.79 Å². The summed E-state index contributed by atoms with van der Waals surface area (Å²) in [5.41, 5.74) is 2.08. The van der Waals surface area contributed by atoms with Crippen LogP contribution >= 0.6 is 22.6 Å². The summed E-state index contributed by atoms with van der Waals surface area (Å²) in [5.74, 6) is 0.938. The van der Waals surface area contributed by atoms with Crippen LogP contribution in [0.3, 0.4) is 0 Å². The van der Waals surface area contributed by atoms with Crippen LogP contribution in [0.25, 0.3) is 16.8 Å². The fourth-order valence-electron chi connectivity index (χ4n) is 3.72. The molecule has 0 bridgehead atoms. The number of benzene rings is 3. The van der Waals surface area contributed by atoms with E-state index in [2.05, 4.69) is 58.2 Å². The van der Waals surface area contributed by atoms with Gasteiger partial charge in [-0.3, -0.25) is 9.69 Å². The molecule has 3 amide bonds. The molecule has 1 N–H and O–H groups in total. The largest absolute Gasteiger partial charge is 0.490 e. The lowest BCUT2D eigenvalue weighted by atomic mass is 10.1. The van der Waals surface area contributed by atoms with Crippen molar-refractivity contribution in [2.75, 3.05) is 13.2 Å². The number of urea groups is 1. The van der Waals surface area contributed by atoms with Crippen molar-refractivity contribution in [3.63, 3.8) is 0 Å². The summed E-state index contributed by atoms with van der Waals surface area (Å²) in [7, 11) is 0. The van der Waals surface area contributed by atoms with Gasteiger partial charge >= 0.3 is 6.03 Å². The van der Waals surface area contributed by atoms with Crippen molar-refractivity contribution < 1.29 is 19.1 Å². The first-order valence-electron chi connectivity index (χ1n) is 10.9. The molecule has 33 heavy (non-hydrogen) atoms. The van der Waals surface area contributed by atoms with Gasteiger partial charge in [0.2, 0.25) is 0 Å². The van der Waals surface area contributed by atoms with Crippen LogP contribution < -0.4 is 14.8 Å². The minimum atomic E-state index is -0.386. The lowest BCUT2D eigenvalue weighted by Gasteiger charge is -2.15. The van der Waals surface area contributed by atoms with Crippen LogP contribution in [0, 0.1) is 3.57 Å². The first-order valence-corrected chi connectivity index (χ1v) is 12.0. The van der Waals surface area contributed by atoms with Crippen molar-refractivity contribution in [3.8, 4) is 11.5 Å². The summed E-state index contributed by atoms with van der Waals surface area (Å²) in [5, 5.41) is 5.01. The van der Waals surface area contributed by atoms with Gasteiger partial charge in [-0.2, -0.15) is 0 Å². The molecule has 0 spiro atoms. The lowest BCUT2D eigenvalue weighted by molar-refractivity contribution is -0.122. The molecule has 1 fully saturated rings. The maximum Gasteiger partial charge on any atom is 0.329 e. The van der Waals surface area contributed by atoms with E-state index in [-0.39, 0.29) is 17.6 Å². The minimum Gasteiger partial charge on any atom is -0.490 e. The van der Waals surface area contributed by atoms with E-state index in [0.717, 1.165) is 14.7 Å². The van der Waals surface area contributed by atoms with Crippen LogP contribution in [0.5, 0.6) is 11.5 Å². The first-order chi connectivity index (χ1) is 16.0. The fourth-order valence-corrected chi connectivity index (χ4v) is 4.50. The van der Waals surface area contributed by atoms with E-state index in [9.17, 15) is 9.59 Å². The van der Waals surface area contributed by atoms with E-state index in [0.29, 0.717) is 37.7 Å². The van der Waals surface area contributed by atoms with Gasteiger partial charge in [0.1, 0.15) is 12.3 Å². The molecule has 1 aliphatic heterocycles. The Hall–Kier alpha value is -3.07. The first kappa shape index (κ1) is 23.1. The molecular formula is C26H25IN2O4. The number of rotatable bonds is 8. The lowest BCUT2D eigenvalue weighted by Crippen LogP contribution is -2.31. The minimum absolute atomic E-state index is 0.261. The van der Waals surface area contributed by atoms with Crippen molar-refractivity contribution in [2.24, 2.45) is 0 Å². The Bertz CT molecular complexity index is 1240. The van der Waals surface area contributed by atoms with Gasteiger partial charge in [0.15, 0.2) is 11.5 Å². The molecule has 3 aromatic carbocycles. The summed E-state index contributed by atoms with van der Waals surface area (Å²) in [6, 6.07) is 17.8. The van der Waals surface area contributed by atoms with Crippen LogP contribution in [-0.2, 0) is 11.4 Å². The van der Waals surface area contributed by atoms with Crippen molar-refractivity contribution in [3.05, 3.63) is 75.0 Å². The summed E-state index contributed by atoms with van der Waals surface area (Å²) in [4.78, 5) is 25.8. The molecule has 7 heteroatoms. The van der Waals surface area contributed by atoms with Gasteiger partial charge < -0.3 is 14.8 Å². The third kappa shape index (κ3) is 5.13. The smallest absolute Gasteiger partial charge is 0.329 e. The third-order valence-corrected chi connectivity index (χ3v) is 6.05. The van der Waals surface area contributed by atoms with E-state index in [4.69, 9.17) is 9.47 Å². The molecule has 170 valence electrons. The van der Waals surface area contributed by atoms with E-state index >= 15 is 0 Å². The number of hydrogen-bond acceptors (Lipinski definition) is 4. The Morgan fingerprint density at radius 3 is 2.55 bits per heavy atom. The highest BCUT2D eigenvalue weighted by atomic mass is 127. The molecule has 0 aromatic heterocycles. The summed E-state index contributed by atoms with van der Waals surface area (Å²) < 4.78 is 12.9. The van der Waals surface area contributed by atoms with Gasteiger partial charge in [0.25, 0.3) is 5.91 Å². The van der Waals surface area contributed by atoms with Gasteiger partial charge in [-0.15, -0.1) is 0 Å².